The summed E-state index contributed by atoms with van der Waals surface area (Å²) in [6.45, 7) is 0.290. The van der Waals surface area contributed by atoms with E-state index in [2.05, 4.69) is 0 Å². The molecule has 5 nitrogen and oxygen atoms in total. The second-order valence-electron chi connectivity index (χ2n) is 7.15. The van der Waals surface area contributed by atoms with Crippen LogP contribution in [0, 0.1) is 5.92 Å². The standard InChI is InChI=1S/C21H18F3NO4S2/c22-21(23,24)31(27,28)25-18-6-2-1-5-16(18)13-7-8-17-19(11-13)29-12-14(20(17)26)10-15-4-3-9-30-15/h1-9,11,14,20,25-26H,10,12H2/t14-,20+/m1/s1. The van der Waals surface area contributed by atoms with Gasteiger partial charge in [-0.05, 0) is 35.6 Å². The van der Waals surface area contributed by atoms with Crippen molar-refractivity contribution in [1.29, 1.82) is 0 Å². The van der Waals surface area contributed by atoms with Gasteiger partial charge in [-0.25, -0.2) is 0 Å². The van der Waals surface area contributed by atoms with E-state index in [0.717, 1.165) is 4.88 Å². The molecule has 0 saturated carbocycles. The predicted octanol–water partition coefficient (Wildman–Crippen LogP) is 4.96. The molecule has 0 fully saturated rings. The minimum absolute atomic E-state index is 0.122. The van der Waals surface area contributed by atoms with E-state index in [1.54, 1.807) is 40.3 Å². The van der Waals surface area contributed by atoms with Crippen molar-refractivity contribution in [1.82, 2.24) is 0 Å². The SMILES string of the molecule is O=S(=O)(Nc1ccccc1-c1ccc2c(c1)OC[C@@H](Cc1cccs1)[C@@H]2O)C(F)(F)F. The third-order valence-corrected chi connectivity index (χ3v) is 7.06. The van der Waals surface area contributed by atoms with Crippen molar-refractivity contribution in [3.63, 3.8) is 0 Å². The van der Waals surface area contributed by atoms with E-state index in [4.69, 9.17) is 4.74 Å². The summed E-state index contributed by atoms with van der Waals surface area (Å²) in [6.07, 6.45) is -0.0823. The van der Waals surface area contributed by atoms with Crippen LogP contribution in [0.4, 0.5) is 18.9 Å². The Morgan fingerprint density at radius 1 is 1.13 bits per heavy atom. The highest BCUT2D eigenvalue weighted by Gasteiger charge is 2.46. The molecular formula is C21H18F3NO4S2. The summed E-state index contributed by atoms with van der Waals surface area (Å²) >= 11 is 1.60. The van der Waals surface area contributed by atoms with Gasteiger partial charge in [0.05, 0.1) is 18.4 Å². The smallest absolute Gasteiger partial charge is 0.493 e. The second-order valence-corrected chi connectivity index (χ2v) is 9.85. The number of hydrogen-bond donors (Lipinski definition) is 2. The molecule has 4 rings (SSSR count). The lowest BCUT2D eigenvalue weighted by Crippen LogP contribution is -2.30. The van der Waals surface area contributed by atoms with E-state index < -0.39 is 21.6 Å². The molecule has 0 aliphatic carbocycles. The number of fused-ring (bicyclic) bond motifs is 1. The molecule has 1 aliphatic rings. The van der Waals surface area contributed by atoms with Crippen molar-refractivity contribution < 1.29 is 31.4 Å². The number of hydrogen-bond acceptors (Lipinski definition) is 5. The molecule has 164 valence electrons. The molecule has 3 aromatic rings. The average molecular weight is 470 g/mol. The summed E-state index contributed by atoms with van der Waals surface area (Å²) < 4.78 is 68.9. The molecule has 31 heavy (non-hydrogen) atoms. The lowest BCUT2D eigenvalue weighted by molar-refractivity contribution is -0.0429. The summed E-state index contributed by atoms with van der Waals surface area (Å²) in [6, 6.07) is 14.6. The van der Waals surface area contributed by atoms with Gasteiger partial charge in [0.15, 0.2) is 0 Å². The molecule has 0 saturated heterocycles. The van der Waals surface area contributed by atoms with Crippen LogP contribution in [0.1, 0.15) is 16.5 Å². The van der Waals surface area contributed by atoms with E-state index in [1.807, 2.05) is 17.5 Å². The van der Waals surface area contributed by atoms with E-state index in [0.29, 0.717) is 23.3 Å². The maximum Gasteiger partial charge on any atom is 0.516 e. The van der Waals surface area contributed by atoms with Gasteiger partial charge in [0.25, 0.3) is 0 Å². The Morgan fingerprint density at radius 2 is 1.90 bits per heavy atom. The average Bonchev–Trinajstić information content (AvgIpc) is 3.22. The topological polar surface area (TPSA) is 75.6 Å². The molecule has 2 atom stereocenters. The summed E-state index contributed by atoms with van der Waals surface area (Å²) in [4.78, 5) is 1.14. The second kappa shape index (κ2) is 8.18. The van der Waals surface area contributed by atoms with Crippen LogP contribution in [0.2, 0.25) is 0 Å². The number of rotatable bonds is 5. The number of thiophene rings is 1. The van der Waals surface area contributed by atoms with Crippen LogP contribution in [0.25, 0.3) is 11.1 Å². The molecule has 0 amide bonds. The maximum absolute atomic E-state index is 12.8. The van der Waals surface area contributed by atoms with E-state index in [-0.39, 0.29) is 23.8 Å². The predicted molar refractivity (Wildman–Crippen MR) is 112 cm³/mol. The molecule has 10 heteroatoms. The fourth-order valence-corrected chi connectivity index (χ4v) is 4.88. The number of aliphatic hydroxyl groups excluding tert-OH is 1. The van der Waals surface area contributed by atoms with Gasteiger partial charge >= 0.3 is 15.5 Å². The van der Waals surface area contributed by atoms with Crippen LogP contribution in [-0.4, -0.2) is 25.6 Å². The molecule has 1 aromatic heterocycles. The molecule has 0 unspecified atom stereocenters. The van der Waals surface area contributed by atoms with Crippen molar-refractivity contribution in [2.24, 2.45) is 5.92 Å². The van der Waals surface area contributed by atoms with Gasteiger partial charge in [0.1, 0.15) is 5.75 Å². The number of benzene rings is 2. The van der Waals surface area contributed by atoms with Crippen molar-refractivity contribution in [2.45, 2.75) is 18.0 Å². The Morgan fingerprint density at radius 3 is 2.61 bits per heavy atom. The number of para-hydroxylation sites is 1. The Balaban J connectivity index is 1.62. The molecule has 2 aromatic carbocycles. The van der Waals surface area contributed by atoms with Crippen molar-refractivity contribution in [2.75, 3.05) is 11.3 Å². The van der Waals surface area contributed by atoms with Crippen LogP contribution >= 0.6 is 11.3 Å². The summed E-state index contributed by atoms with van der Waals surface area (Å²) in [5.74, 6) is 0.295. The zero-order chi connectivity index (χ0) is 22.2. The lowest BCUT2D eigenvalue weighted by Gasteiger charge is -2.30. The largest absolute Gasteiger partial charge is 0.516 e. The van der Waals surface area contributed by atoms with Crippen LogP contribution < -0.4 is 9.46 Å². The van der Waals surface area contributed by atoms with Gasteiger partial charge in [-0.1, -0.05) is 36.4 Å². The van der Waals surface area contributed by atoms with Crippen LogP contribution in [0.3, 0.4) is 0 Å². The normalized spacial score (nSPS) is 18.8. The zero-order valence-corrected chi connectivity index (χ0v) is 17.6. The first-order valence-electron chi connectivity index (χ1n) is 9.31. The number of aliphatic hydroxyl groups is 1. The first-order valence-corrected chi connectivity index (χ1v) is 11.7. The maximum atomic E-state index is 12.8. The van der Waals surface area contributed by atoms with Gasteiger partial charge in [-0.15, -0.1) is 11.3 Å². The Bertz CT molecular complexity index is 1180. The lowest BCUT2D eigenvalue weighted by atomic mass is 9.89. The monoisotopic (exact) mass is 469 g/mol. The molecule has 2 N–H and O–H groups in total. The number of alkyl halides is 3. The number of ether oxygens (including phenoxy) is 1. The first-order chi connectivity index (χ1) is 14.7. The Hall–Kier alpha value is -2.56. The molecular weight excluding hydrogens is 451 g/mol. The van der Waals surface area contributed by atoms with Gasteiger partial charge in [-0.2, -0.15) is 21.6 Å². The summed E-state index contributed by atoms with van der Waals surface area (Å²) in [5, 5.41) is 12.8. The molecule has 0 spiro atoms. The highest BCUT2D eigenvalue weighted by Crippen LogP contribution is 2.41. The Kier molecular flexibility index (Phi) is 5.71. The van der Waals surface area contributed by atoms with Gasteiger partial charge < -0.3 is 9.84 Å². The summed E-state index contributed by atoms with van der Waals surface area (Å²) in [7, 11) is -5.56. The Labute approximate surface area is 181 Å². The quantitative estimate of drug-likeness (QED) is 0.554. The van der Waals surface area contributed by atoms with Crippen LogP contribution in [0.5, 0.6) is 5.75 Å². The minimum Gasteiger partial charge on any atom is -0.493 e. The molecule has 0 radical (unpaired) electrons. The highest BCUT2D eigenvalue weighted by molar-refractivity contribution is 7.93. The zero-order valence-electron chi connectivity index (χ0n) is 16.0. The first kappa shape index (κ1) is 21.7. The minimum atomic E-state index is -5.56. The molecule has 2 heterocycles. The van der Waals surface area contributed by atoms with E-state index in [1.165, 1.54) is 18.2 Å². The fraction of sp³-hybridized carbons (Fsp3) is 0.238. The van der Waals surface area contributed by atoms with Crippen molar-refractivity contribution in [3.8, 4) is 16.9 Å². The van der Waals surface area contributed by atoms with Gasteiger partial charge in [0.2, 0.25) is 0 Å². The number of nitrogens with one attached hydrogen (secondary N) is 1. The van der Waals surface area contributed by atoms with Crippen molar-refractivity contribution in [3.05, 3.63) is 70.4 Å². The van der Waals surface area contributed by atoms with E-state index in [9.17, 15) is 26.7 Å². The number of sulfonamides is 1. The summed E-state index contributed by atoms with van der Waals surface area (Å²) in [5.41, 5.74) is -4.32. The number of halogens is 3. The van der Waals surface area contributed by atoms with Crippen LogP contribution in [-0.2, 0) is 16.4 Å². The van der Waals surface area contributed by atoms with Crippen LogP contribution in [0.15, 0.2) is 60.0 Å². The fourth-order valence-electron chi connectivity index (χ4n) is 3.50. The molecule has 0 bridgehead atoms. The number of anilines is 1. The van der Waals surface area contributed by atoms with E-state index >= 15 is 0 Å². The van der Waals surface area contributed by atoms with Gasteiger partial charge in [-0.3, -0.25) is 4.72 Å². The molecule has 1 aliphatic heterocycles. The highest BCUT2D eigenvalue weighted by atomic mass is 32.2. The third kappa shape index (κ3) is 4.41. The van der Waals surface area contributed by atoms with Crippen molar-refractivity contribution >= 4 is 27.0 Å². The van der Waals surface area contributed by atoms with Gasteiger partial charge in [0, 0.05) is 21.9 Å². The third-order valence-electron chi connectivity index (χ3n) is 5.06.